The van der Waals surface area contributed by atoms with Crippen molar-refractivity contribution in [1.82, 2.24) is 5.32 Å². The Hall–Kier alpha value is -2.74. The van der Waals surface area contributed by atoms with Crippen molar-refractivity contribution in [3.05, 3.63) is 54.1 Å². The average Bonchev–Trinajstić information content (AvgIpc) is 2.78. The maximum absolute atomic E-state index is 13.0. The van der Waals surface area contributed by atoms with Crippen LogP contribution >= 0.6 is 0 Å². The number of fused-ring (bicyclic) bond motifs is 1. The highest BCUT2D eigenvalue weighted by Crippen LogP contribution is 2.42. The Morgan fingerprint density at radius 3 is 2.41 bits per heavy atom. The van der Waals surface area contributed by atoms with E-state index < -0.39 is 16.1 Å². The van der Waals surface area contributed by atoms with Gasteiger partial charge in [0.15, 0.2) is 6.10 Å². The van der Waals surface area contributed by atoms with E-state index in [-0.39, 0.29) is 17.6 Å². The number of benzene rings is 2. The fourth-order valence-electron chi connectivity index (χ4n) is 3.90. The summed E-state index contributed by atoms with van der Waals surface area (Å²) in [6.45, 7) is 5.91. The predicted molar refractivity (Wildman–Crippen MR) is 126 cm³/mol. The van der Waals surface area contributed by atoms with Gasteiger partial charge in [-0.3, -0.25) is 9.10 Å². The summed E-state index contributed by atoms with van der Waals surface area (Å²) in [6, 6.07) is 14.3. The van der Waals surface area contributed by atoms with E-state index in [0.717, 1.165) is 30.4 Å². The SMILES string of the molecule is CCC1(CC)C[C@H](NC(=O)[C@@H](C)Oc2ccc(N(C)S(C)(=O)=O)cc2)c2ccccc2O1. The second-order valence-corrected chi connectivity index (χ2v) is 10.3. The van der Waals surface area contributed by atoms with Crippen LogP contribution in [0.4, 0.5) is 5.69 Å². The maximum atomic E-state index is 13.0. The molecule has 2 aromatic rings. The molecule has 1 aliphatic heterocycles. The normalized spacial score (nSPS) is 18.1. The molecule has 0 aromatic heterocycles. The lowest BCUT2D eigenvalue weighted by atomic mass is 9.83. The first-order valence-electron chi connectivity index (χ1n) is 10.9. The minimum Gasteiger partial charge on any atom is -0.487 e. The lowest BCUT2D eigenvalue weighted by molar-refractivity contribution is -0.128. The Morgan fingerprint density at radius 1 is 1.19 bits per heavy atom. The number of carbonyl (C=O) groups excluding carboxylic acids is 1. The molecule has 0 radical (unpaired) electrons. The van der Waals surface area contributed by atoms with Crippen LogP contribution in [0.1, 0.15) is 51.6 Å². The molecule has 1 heterocycles. The molecule has 1 amide bonds. The van der Waals surface area contributed by atoms with Crippen molar-refractivity contribution in [2.24, 2.45) is 0 Å². The molecule has 0 saturated heterocycles. The van der Waals surface area contributed by atoms with Gasteiger partial charge in [0, 0.05) is 19.0 Å². The molecule has 0 bridgehead atoms. The third kappa shape index (κ3) is 5.18. The summed E-state index contributed by atoms with van der Waals surface area (Å²) in [5.74, 6) is 1.08. The molecule has 0 spiro atoms. The summed E-state index contributed by atoms with van der Waals surface area (Å²) in [4.78, 5) is 13.0. The van der Waals surface area contributed by atoms with E-state index in [1.807, 2.05) is 24.3 Å². The zero-order chi connectivity index (χ0) is 23.5. The van der Waals surface area contributed by atoms with Crippen molar-refractivity contribution >= 4 is 21.6 Å². The van der Waals surface area contributed by atoms with Gasteiger partial charge in [0.25, 0.3) is 5.91 Å². The number of anilines is 1. The van der Waals surface area contributed by atoms with Crippen molar-refractivity contribution in [2.45, 2.75) is 57.8 Å². The van der Waals surface area contributed by atoms with Crippen LogP contribution in [0.15, 0.2) is 48.5 Å². The molecule has 0 fully saturated rings. The van der Waals surface area contributed by atoms with Gasteiger partial charge in [-0.1, -0.05) is 32.0 Å². The van der Waals surface area contributed by atoms with Gasteiger partial charge in [-0.15, -0.1) is 0 Å². The van der Waals surface area contributed by atoms with Gasteiger partial charge in [0.05, 0.1) is 18.0 Å². The van der Waals surface area contributed by atoms with Crippen LogP contribution in [0.3, 0.4) is 0 Å². The highest BCUT2D eigenvalue weighted by molar-refractivity contribution is 7.92. The lowest BCUT2D eigenvalue weighted by Crippen LogP contribution is -2.46. The van der Waals surface area contributed by atoms with E-state index in [0.29, 0.717) is 17.9 Å². The smallest absolute Gasteiger partial charge is 0.261 e. The summed E-state index contributed by atoms with van der Waals surface area (Å²) in [7, 11) is -1.86. The van der Waals surface area contributed by atoms with Crippen molar-refractivity contribution < 1.29 is 22.7 Å². The number of para-hydroxylation sites is 1. The summed E-state index contributed by atoms with van der Waals surface area (Å²) >= 11 is 0. The minimum absolute atomic E-state index is 0.163. The van der Waals surface area contributed by atoms with Gasteiger partial charge in [-0.25, -0.2) is 8.42 Å². The third-order valence-electron chi connectivity index (χ3n) is 6.18. The molecule has 2 atom stereocenters. The molecule has 1 aliphatic rings. The van der Waals surface area contributed by atoms with Crippen LogP contribution in [0.5, 0.6) is 11.5 Å². The Bertz CT molecular complexity index is 1050. The van der Waals surface area contributed by atoms with E-state index in [1.54, 1.807) is 31.2 Å². The van der Waals surface area contributed by atoms with Crippen LogP contribution in [0.25, 0.3) is 0 Å². The summed E-state index contributed by atoms with van der Waals surface area (Å²) in [6.07, 6.45) is 2.82. The van der Waals surface area contributed by atoms with E-state index >= 15 is 0 Å². The molecular weight excluding hydrogens is 428 g/mol. The monoisotopic (exact) mass is 460 g/mol. The zero-order valence-electron chi connectivity index (χ0n) is 19.3. The largest absolute Gasteiger partial charge is 0.487 e. The molecule has 0 unspecified atom stereocenters. The number of amides is 1. The van der Waals surface area contributed by atoms with Crippen LogP contribution in [0, 0.1) is 0 Å². The molecule has 0 saturated carbocycles. The molecule has 32 heavy (non-hydrogen) atoms. The van der Waals surface area contributed by atoms with Gasteiger partial charge in [0.2, 0.25) is 10.0 Å². The first-order valence-corrected chi connectivity index (χ1v) is 12.7. The van der Waals surface area contributed by atoms with Crippen LogP contribution in [0.2, 0.25) is 0 Å². The summed E-state index contributed by atoms with van der Waals surface area (Å²) in [5, 5.41) is 3.14. The second-order valence-electron chi connectivity index (χ2n) is 8.28. The second kappa shape index (κ2) is 9.40. The molecule has 7 nitrogen and oxygen atoms in total. The van der Waals surface area contributed by atoms with E-state index in [2.05, 4.69) is 19.2 Å². The minimum atomic E-state index is -3.34. The van der Waals surface area contributed by atoms with E-state index in [9.17, 15) is 13.2 Å². The Kier molecular flexibility index (Phi) is 7.03. The van der Waals surface area contributed by atoms with Crippen LogP contribution < -0.4 is 19.1 Å². The standard InChI is InChI=1S/C24H32N2O5S/c1-6-24(7-2)16-21(20-10-8-9-11-22(20)31-24)25-23(27)17(3)30-19-14-12-18(13-15-19)26(4)32(5,28)29/h8-15,17,21H,6-7,16H2,1-5H3,(H,25,27)/t17-,21+/m1/s1. The molecule has 174 valence electrons. The lowest BCUT2D eigenvalue weighted by Gasteiger charge is -2.41. The summed E-state index contributed by atoms with van der Waals surface area (Å²) in [5.41, 5.74) is 1.18. The maximum Gasteiger partial charge on any atom is 0.261 e. The third-order valence-corrected chi connectivity index (χ3v) is 7.39. The first-order chi connectivity index (χ1) is 15.1. The Labute approximate surface area is 190 Å². The molecule has 2 aromatic carbocycles. The fraction of sp³-hybridized carbons (Fsp3) is 0.458. The van der Waals surface area contributed by atoms with E-state index in [1.165, 1.54) is 11.4 Å². The van der Waals surface area contributed by atoms with Crippen LogP contribution in [-0.2, 0) is 14.8 Å². The van der Waals surface area contributed by atoms with Crippen molar-refractivity contribution in [3.8, 4) is 11.5 Å². The van der Waals surface area contributed by atoms with E-state index in [4.69, 9.17) is 9.47 Å². The fourth-order valence-corrected chi connectivity index (χ4v) is 4.41. The Balaban J connectivity index is 1.70. The molecular formula is C24H32N2O5S. The van der Waals surface area contributed by atoms with Crippen molar-refractivity contribution in [1.29, 1.82) is 0 Å². The summed E-state index contributed by atoms with van der Waals surface area (Å²) < 4.78 is 36.7. The zero-order valence-corrected chi connectivity index (χ0v) is 20.1. The number of nitrogens with zero attached hydrogens (tertiary/aromatic N) is 1. The van der Waals surface area contributed by atoms with Crippen molar-refractivity contribution in [3.63, 3.8) is 0 Å². The number of hydrogen-bond acceptors (Lipinski definition) is 5. The number of nitrogens with one attached hydrogen (secondary N) is 1. The topological polar surface area (TPSA) is 84.9 Å². The quantitative estimate of drug-likeness (QED) is 0.642. The number of carbonyl (C=O) groups is 1. The number of ether oxygens (including phenoxy) is 2. The highest BCUT2D eigenvalue weighted by Gasteiger charge is 2.39. The van der Waals surface area contributed by atoms with Gasteiger partial charge in [-0.05, 0) is 50.1 Å². The molecule has 3 rings (SSSR count). The van der Waals surface area contributed by atoms with Gasteiger partial charge in [0.1, 0.15) is 17.1 Å². The molecule has 1 N–H and O–H groups in total. The highest BCUT2D eigenvalue weighted by atomic mass is 32.2. The molecule has 8 heteroatoms. The van der Waals surface area contributed by atoms with Gasteiger partial charge < -0.3 is 14.8 Å². The van der Waals surface area contributed by atoms with Gasteiger partial charge in [-0.2, -0.15) is 0 Å². The molecule has 0 aliphatic carbocycles. The van der Waals surface area contributed by atoms with Crippen LogP contribution in [-0.4, -0.2) is 39.3 Å². The first kappa shape index (κ1) is 23.9. The Morgan fingerprint density at radius 2 is 1.81 bits per heavy atom. The van der Waals surface area contributed by atoms with Gasteiger partial charge >= 0.3 is 0 Å². The predicted octanol–water partition coefficient (Wildman–Crippen LogP) is 4.05. The average molecular weight is 461 g/mol. The van der Waals surface area contributed by atoms with Crippen molar-refractivity contribution in [2.75, 3.05) is 17.6 Å². The number of rotatable bonds is 8. The number of hydrogen-bond donors (Lipinski definition) is 1. The number of sulfonamides is 1.